The monoisotopic (exact) mass is 398 g/mol. The molecular formula is C18H26N2O6S. The van der Waals surface area contributed by atoms with Gasteiger partial charge in [-0.1, -0.05) is 30.3 Å². The topological polar surface area (TPSA) is 105 Å². The number of sulfonamides is 1. The molecule has 9 heteroatoms. The molecule has 0 aromatic heterocycles. The average molecular weight is 398 g/mol. The van der Waals surface area contributed by atoms with Crippen molar-refractivity contribution in [3.63, 3.8) is 0 Å². The molecule has 1 aliphatic carbocycles. The number of amides is 1. The molecule has 1 saturated heterocycles. The first-order valence-corrected chi connectivity index (χ1v) is 10.6. The minimum atomic E-state index is -3.74. The van der Waals surface area contributed by atoms with E-state index >= 15 is 0 Å². The largest absolute Gasteiger partial charge is 0.445 e. The van der Waals surface area contributed by atoms with Gasteiger partial charge in [0.1, 0.15) is 11.9 Å². The lowest BCUT2D eigenvalue weighted by Gasteiger charge is -2.19. The van der Waals surface area contributed by atoms with Crippen LogP contribution in [0.3, 0.4) is 0 Å². The molecule has 1 amide bonds. The maximum Gasteiger partial charge on any atom is 0.410 e. The second kappa shape index (κ2) is 8.55. The van der Waals surface area contributed by atoms with E-state index in [9.17, 15) is 18.3 Å². The van der Waals surface area contributed by atoms with E-state index in [1.165, 1.54) is 12.0 Å². The Morgan fingerprint density at radius 3 is 2.63 bits per heavy atom. The molecule has 8 nitrogen and oxygen atoms in total. The van der Waals surface area contributed by atoms with Crippen molar-refractivity contribution in [1.82, 2.24) is 9.62 Å². The van der Waals surface area contributed by atoms with Crippen LogP contribution < -0.4 is 4.72 Å². The van der Waals surface area contributed by atoms with Gasteiger partial charge < -0.3 is 19.5 Å². The van der Waals surface area contributed by atoms with Gasteiger partial charge >= 0.3 is 6.09 Å². The van der Waals surface area contributed by atoms with Gasteiger partial charge in [0.2, 0.25) is 10.0 Å². The number of benzene rings is 1. The van der Waals surface area contributed by atoms with Gasteiger partial charge in [-0.3, -0.25) is 0 Å². The quantitative estimate of drug-likeness (QED) is 0.668. The summed E-state index contributed by atoms with van der Waals surface area (Å²) in [6, 6.07) is 9.27. The van der Waals surface area contributed by atoms with Gasteiger partial charge in [0.05, 0.1) is 18.8 Å². The van der Waals surface area contributed by atoms with Crippen LogP contribution >= 0.6 is 0 Å². The predicted molar refractivity (Wildman–Crippen MR) is 98.4 cm³/mol. The van der Waals surface area contributed by atoms with Gasteiger partial charge in [-0.05, 0) is 24.3 Å². The van der Waals surface area contributed by atoms with Crippen LogP contribution in [-0.2, 0) is 26.1 Å². The number of aliphatic hydroxyl groups is 1. The fourth-order valence-electron chi connectivity index (χ4n) is 3.18. The molecule has 1 aromatic carbocycles. The molecule has 1 aliphatic heterocycles. The van der Waals surface area contributed by atoms with E-state index in [-0.39, 0.29) is 32.2 Å². The van der Waals surface area contributed by atoms with Crippen LogP contribution in [0.4, 0.5) is 4.79 Å². The summed E-state index contributed by atoms with van der Waals surface area (Å²) in [6.45, 7) is 0.233. The van der Waals surface area contributed by atoms with Crippen molar-refractivity contribution < 1.29 is 27.8 Å². The molecule has 3 rings (SSSR count). The van der Waals surface area contributed by atoms with Crippen molar-refractivity contribution in [2.24, 2.45) is 5.92 Å². The molecule has 3 unspecified atom stereocenters. The molecule has 1 saturated carbocycles. The molecule has 0 radical (unpaired) electrons. The van der Waals surface area contributed by atoms with Gasteiger partial charge in [0, 0.05) is 20.2 Å². The lowest BCUT2D eigenvalue weighted by atomic mass is 10.2. The number of hydrogen-bond acceptors (Lipinski definition) is 6. The third kappa shape index (κ3) is 5.19. The molecule has 27 heavy (non-hydrogen) atoms. The van der Waals surface area contributed by atoms with E-state index in [2.05, 4.69) is 4.72 Å². The Kier molecular flexibility index (Phi) is 6.36. The maximum absolute atomic E-state index is 12.6. The molecule has 0 bridgehead atoms. The zero-order chi connectivity index (χ0) is 19.4. The molecule has 2 N–H and O–H groups in total. The van der Waals surface area contributed by atoms with E-state index in [0.717, 1.165) is 18.4 Å². The Hall–Kier alpha value is -1.68. The van der Waals surface area contributed by atoms with E-state index in [1.807, 2.05) is 30.3 Å². The third-order valence-electron chi connectivity index (χ3n) is 5.04. The molecule has 0 spiro atoms. The maximum atomic E-state index is 12.6. The van der Waals surface area contributed by atoms with Crippen molar-refractivity contribution in [2.75, 3.05) is 26.7 Å². The van der Waals surface area contributed by atoms with Crippen molar-refractivity contribution in [1.29, 1.82) is 0 Å². The van der Waals surface area contributed by atoms with Crippen LogP contribution in [0.15, 0.2) is 30.3 Å². The first-order chi connectivity index (χ1) is 12.9. The number of carbonyl (C=O) groups is 1. The number of likely N-dealkylation sites (tertiary alicyclic amines) is 1. The lowest BCUT2D eigenvalue weighted by Crippen LogP contribution is -2.44. The summed E-state index contributed by atoms with van der Waals surface area (Å²) >= 11 is 0. The van der Waals surface area contributed by atoms with Crippen molar-refractivity contribution >= 4 is 16.1 Å². The minimum absolute atomic E-state index is 0.0129. The number of rotatable bonds is 8. The SMILES string of the molecule is COC1CN(C(=O)OCc2ccccc2)CC1S(=O)(=O)NCC(O)C1CC1. The molecule has 1 heterocycles. The van der Waals surface area contributed by atoms with Crippen molar-refractivity contribution in [3.05, 3.63) is 35.9 Å². The number of aliphatic hydroxyl groups excluding tert-OH is 1. The molecular weight excluding hydrogens is 372 g/mol. The fraction of sp³-hybridized carbons (Fsp3) is 0.611. The van der Waals surface area contributed by atoms with Crippen molar-refractivity contribution in [3.8, 4) is 0 Å². The van der Waals surface area contributed by atoms with Gasteiger partial charge in [0.25, 0.3) is 0 Å². The van der Waals surface area contributed by atoms with Gasteiger partial charge in [-0.25, -0.2) is 17.9 Å². The second-order valence-corrected chi connectivity index (χ2v) is 9.04. The normalized spacial score (nSPS) is 24.0. The standard InChI is InChI=1S/C18H26N2O6S/c1-25-16-10-20(18(22)26-12-13-5-3-2-4-6-13)11-17(16)27(23,24)19-9-15(21)14-7-8-14/h2-6,14-17,19,21H,7-12H2,1H3. The van der Waals surface area contributed by atoms with Crippen LogP contribution in [0.2, 0.25) is 0 Å². The lowest BCUT2D eigenvalue weighted by molar-refractivity contribution is 0.0850. The van der Waals surface area contributed by atoms with E-state index in [4.69, 9.17) is 9.47 Å². The number of hydrogen-bond donors (Lipinski definition) is 2. The average Bonchev–Trinajstić information content (AvgIpc) is 3.43. The summed E-state index contributed by atoms with van der Waals surface area (Å²) < 4.78 is 38.3. The Morgan fingerprint density at radius 2 is 2.00 bits per heavy atom. The number of methoxy groups -OCH3 is 1. The molecule has 1 aromatic rings. The second-order valence-electron chi connectivity index (χ2n) is 7.06. The highest BCUT2D eigenvalue weighted by Gasteiger charge is 2.44. The van der Waals surface area contributed by atoms with Crippen molar-refractivity contribution in [2.45, 2.75) is 36.9 Å². The number of nitrogens with zero attached hydrogens (tertiary/aromatic N) is 1. The van der Waals surface area contributed by atoms with E-state index < -0.39 is 33.6 Å². The Labute approximate surface area is 159 Å². The number of nitrogens with one attached hydrogen (secondary N) is 1. The van der Waals surface area contributed by atoms with Gasteiger partial charge in [-0.2, -0.15) is 0 Å². The van der Waals surface area contributed by atoms with Crippen LogP contribution in [0, 0.1) is 5.92 Å². The fourth-order valence-corrected chi connectivity index (χ4v) is 4.77. The number of carbonyl (C=O) groups excluding carboxylic acids is 1. The van der Waals surface area contributed by atoms with Gasteiger partial charge in [0.15, 0.2) is 0 Å². The minimum Gasteiger partial charge on any atom is -0.445 e. The highest BCUT2D eigenvalue weighted by atomic mass is 32.2. The molecule has 2 aliphatic rings. The first-order valence-electron chi connectivity index (χ1n) is 9.05. The highest BCUT2D eigenvalue weighted by molar-refractivity contribution is 7.90. The Bertz CT molecular complexity index is 737. The highest BCUT2D eigenvalue weighted by Crippen LogP contribution is 2.32. The molecule has 150 valence electrons. The summed E-state index contributed by atoms with van der Waals surface area (Å²) in [7, 11) is -2.32. The number of ether oxygens (including phenoxy) is 2. The van der Waals surface area contributed by atoms with Crippen LogP contribution in [0.5, 0.6) is 0 Å². The summed E-state index contributed by atoms with van der Waals surface area (Å²) in [5.74, 6) is 0.180. The summed E-state index contributed by atoms with van der Waals surface area (Å²) in [5.41, 5.74) is 0.855. The third-order valence-corrected chi connectivity index (χ3v) is 6.86. The van der Waals surface area contributed by atoms with Crippen LogP contribution in [-0.4, -0.2) is 68.7 Å². The van der Waals surface area contributed by atoms with Crippen LogP contribution in [0.1, 0.15) is 18.4 Å². The molecule has 3 atom stereocenters. The summed E-state index contributed by atoms with van der Waals surface area (Å²) in [5, 5.41) is 8.99. The predicted octanol–water partition coefficient (Wildman–Crippen LogP) is 0.713. The molecule has 2 fully saturated rings. The van der Waals surface area contributed by atoms with Gasteiger partial charge in [-0.15, -0.1) is 0 Å². The van der Waals surface area contributed by atoms with E-state index in [1.54, 1.807) is 0 Å². The Balaban J connectivity index is 1.55. The van der Waals surface area contributed by atoms with Crippen LogP contribution in [0.25, 0.3) is 0 Å². The summed E-state index contributed by atoms with van der Waals surface area (Å²) in [4.78, 5) is 13.7. The smallest absolute Gasteiger partial charge is 0.410 e. The zero-order valence-corrected chi connectivity index (χ0v) is 16.1. The van der Waals surface area contributed by atoms with E-state index in [0.29, 0.717) is 0 Å². The Morgan fingerprint density at radius 1 is 1.30 bits per heavy atom. The summed E-state index contributed by atoms with van der Waals surface area (Å²) in [6.07, 6.45) is -0.0437. The first kappa shape index (κ1) is 20.1. The zero-order valence-electron chi connectivity index (χ0n) is 15.3.